The Morgan fingerprint density at radius 1 is 1.19 bits per heavy atom. The number of anilines is 1. The van der Waals surface area contributed by atoms with E-state index in [1.165, 1.54) is 25.1 Å². The molecule has 16 heavy (non-hydrogen) atoms. The third-order valence-electron chi connectivity index (χ3n) is 3.15. The van der Waals surface area contributed by atoms with Crippen LogP contribution >= 0.6 is 0 Å². The minimum absolute atomic E-state index is 0.945. The number of aromatic nitrogens is 3. The lowest BCUT2D eigenvalue weighted by Crippen LogP contribution is -2.31. The Balaban J connectivity index is 2.09. The number of hydrogen-bond donors (Lipinski definition) is 0. The molecule has 0 unspecified atom stereocenters. The van der Waals surface area contributed by atoms with Crippen LogP contribution in [0.25, 0.3) is 5.65 Å². The molecule has 1 saturated heterocycles. The quantitative estimate of drug-likeness (QED) is 0.731. The van der Waals surface area contributed by atoms with E-state index in [2.05, 4.69) is 21.0 Å². The zero-order valence-electron chi connectivity index (χ0n) is 9.56. The van der Waals surface area contributed by atoms with Gasteiger partial charge in [-0.05, 0) is 26.2 Å². The molecule has 0 bridgehead atoms. The standard InChI is InChI=1S/C12H16N4/c1-10-9-12(15-7-3-2-4-8-15)16-11(14-10)5-6-13-16/h5-6,9H,2-4,7-8H2,1H3. The Kier molecular flexibility index (Phi) is 2.27. The third kappa shape index (κ3) is 1.54. The van der Waals surface area contributed by atoms with Crippen molar-refractivity contribution in [1.82, 2.24) is 14.6 Å². The van der Waals surface area contributed by atoms with Crippen molar-refractivity contribution in [1.29, 1.82) is 0 Å². The van der Waals surface area contributed by atoms with Crippen LogP contribution in [-0.4, -0.2) is 27.7 Å². The monoisotopic (exact) mass is 216 g/mol. The zero-order chi connectivity index (χ0) is 11.0. The molecular formula is C12H16N4. The Hall–Kier alpha value is -1.58. The van der Waals surface area contributed by atoms with E-state index in [9.17, 15) is 0 Å². The van der Waals surface area contributed by atoms with Crippen molar-refractivity contribution < 1.29 is 0 Å². The van der Waals surface area contributed by atoms with Crippen LogP contribution < -0.4 is 4.90 Å². The van der Waals surface area contributed by atoms with E-state index in [1.54, 1.807) is 0 Å². The van der Waals surface area contributed by atoms with Crippen LogP contribution in [0.1, 0.15) is 25.0 Å². The zero-order valence-corrected chi connectivity index (χ0v) is 9.56. The molecule has 4 nitrogen and oxygen atoms in total. The Morgan fingerprint density at radius 3 is 2.81 bits per heavy atom. The van der Waals surface area contributed by atoms with Crippen molar-refractivity contribution >= 4 is 11.5 Å². The van der Waals surface area contributed by atoms with Gasteiger partial charge < -0.3 is 4.90 Å². The first-order valence-corrected chi connectivity index (χ1v) is 5.91. The molecule has 3 heterocycles. The highest BCUT2D eigenvalue weighted by molar-refractivity contribution is 5.50. The maximum absolute atomic E-state index is 4.46. The van der Waals surface area contributed by atoms with Gasteiger partial charge in [0.05, 0.1) is 6.20 Å². The molecule has 0 saturated carbocycles. The third-order valence-corrected chi connectivity index (χ3v) is 3.15. The van der Waals surface area contributed by atoms with Gasteiger partial charge in [0.2, 0.25) is 0 Å². The first-order valence-electron chi connectivity index (χ1n) is 5.91. The summed E-state index contributed by atoms with van der Waals surface area (Å²) in [6, 6.07) is 4.09. The van der Waals surface area contributed by atoms with Gasteiger partial charge in [0.15, 0.2) is 5.65 Å². The van der Waals surface area contributed by atoms with Crippen LogP contribution in [0.15, 0.2) is 18.3 Å². The molecule has 2 aromatic rings. The van der Waals surface area contributed by atoms with Gasteiger partial charge in [0.25, 0.3) is 0 Å². The summed E-state index contributed by atoms with van der Waals surface area (Å²) in [4.78, 5) is 6.88. The number of aryl methyl sites for hydroxylation is 1. The lowest BCUT2D eigenvalue weighted by atomic mass is 10.1. The first kappa shape index (κ1) is 9.63. The molecule has 0 aliphatic carbocycles. The molecule has 1 aliphatic rings. The molecule has 1 fully saturated rings. The second-order valence-electron chi connectivity index (χ2n) is 4.40. The van der Waals surface area contributed by atoms with E-state index < -0.39 is 0 Å². The maximum Gasteiger partial charge on any atom is 0.157 e. The number of hydrogen-bond acceptors (Lipinski definition) is 3. The van der Waals surface area contributed by atoms with E-state index in [4.69, 9.17) is 0 Å². The van der Waals surface area contributed by atoms with Crippen molar-refractivity contribution in [3.05, 3.63) is 24.0 Å². The predicted molar refractivity (Wildman–Crippen MR) is 63.8 cm³/mol. The Bertz CT molecular complexity index is 497. The minimum Gasteiger partial charge on any atom is -0.356 e. The van der Waals surface area contributed by atoms with Crippen molar-refractivity contribution in [3.8, 4) is 0 Å². The summed E-state index contributed by atoms with van der Waals surface area (Å²) < 4.78 is 1.94. The fraction of sp³-hybridized carbons (Fsp3) is 0.500. The molecule has 0 aromatic carbocycles. The number of nitrogens with zero attached hydrogens (tertiary/aromatic N) is 4. The molecule has 0 amide bonds. The van der Waals surface area contributed by atoms with Gasteiger partial charge in [0.1, 0.15) is 5.82 Å². The van der Waals surface area contributed by atoms with Crippen molar-refractivity contribution in [2.24, 2.45) is 0 Å². The van der Waals surface area contributed by atoms with Crippen LogP contribution in [0.5, 0.6) is 0 Å². The Labute approximate surface area is 94.9 Å². The smallest absolute Gasteiger partial charge is 0.157 e. The lowest BCUT2D eigenvalue weighted by molar-refractivity contribution is 0.568. The number of piperidine rings is 1. The minimum atomic E-state index is 0.945. The average Bonchev–Trinajstić information content (AvgIpc) is 2.77. The van der Waals surface area contributed by atoms with Crippen LogP contribution in [0.2, 0.25) is 0 Å². The van der Waals surface area contributed by atoms with Crippen molar-refractivity contribution in [3.63, 3.8) is 0 Å². The SMILES string of the molecule is Cc1cc(N2CCCCC2)n2nccc2n1. The molecule has 0 radical (unpaired) electrons. The maximum atomic E-state index is 4.46. The molecule has 1 aliphatic heterocycles. The summed E-state index contributed by atoms with van der Waals surface area (Å²) in [5.41, 5.74) is 2.01. The molecule has 2 aromatic heterocycles. The van der Waals surface area contributed by atoms with E-state index in [0.29, 0.717) is 0 Å². The molecule has 0 N–H and O–H groups in total. The summed E-state index contributed by atoms with van der Waals surface area (Å²) in [5.74, 6) is 1.19. The summed E-state index contributed by atoms with van der Waals surface area (Å²) in [7, 11) is 0. The normalized spacial score (nSPS) is 16.9. The van der Waals surface area contributed by atoms with Gasteiger partial charge in [-0.15, -0.1) is 0 Å². The summed E-state index contributed by atoms with van der Waals surface area (Å²) in [5, 5.41) is 4.35. The summed E-state index contributed by atoms with van der Waals surface area (Å²) in [6.07, 6.45) is 5.73. The highest BCUT2D eigenvalue weighted by Crippen LogP contribution is 2.20. The topological polar surface area (TPSA) is 33.4 Å². The van der Waals surface area contributed by atoms with Crippen molar-refractivity contribution in [2.75, 3.05) is 18.0 Å². The van der Waals surface area contributed by atoms with Crippen LogP contribution in [0.3, 0.4) is 0 Å². The molecule has 0 spiro atoms. The van der Waals surface area contributed by atoms with Crippen molar-refractivity contribution in [2.45, 2.75) is 26.2 Å². The van der Waals surface area contributed by atoms with Gasteiger partial charge in [-0.3, -0.25) is 0 Å². The summed E-state index contributed by atoms with van der Waals surface area (Å²) in [6.45, 7) is 4.32. The van der Waals surface area contributed by atoms with E-state index in [1.807, 2.05) is 23.7 Å². The summed E-state index contributed by atoms with van der Waals surface area (Å²) >= 11 is 0. The van der Waals surface area contributed by atoms with E-state index >= 15 is 0 Å². The van der Waals surface area contributed by atoms with Gasteiger partial charge in [-0.25, -0.2) is 4.98 Å². The van der Waals surface area contributed by atoms with E-state index in [-0.39, 0.29) is 0 Å². The molecule has 84 valence electrons. The van der Waals surface area contributed by atoms with Crippen LogP contribution in [-0.2, 0) is 0 Å². The average molecular weight is 216 g/mol. The largest absolute Gasteiger partial charge is 0.356 e. The highest BCUT2D eigenvalue weighted by atomic mass is 15.3. The van der Waals surface area contributed by atoms with Gasteiger partial charge in [0, 0.05) is 30.9 Å². The van der Waals surface area contributed by atoms with E-state index in [0.717, 1.165) is 24.4 Å². The van der Waals surface area contributed by atoms with Crippen LogP contribution in [0, 0.1) is 6.92 Å². The van der Waals surface area contributed by atoms with Gasteiger partial charge in [-0.2, -0.15) is 9.61 Å². The fourth-order valence-electron chi connectivity index (χ4n) is 2.37. The Morgan fingerprint density at radius 2 is 2.00 bits per heavy atom. The van der Waals surface area contributed by atoms with Gasteiger partial charge >= 0.3 is 0 Å². The number of fused-ring (bicyclic) bond motifs is 1. The lowest BCUT2D eigenvalue weighted by Gasteiger charge is -2.28. The van der Waals surface area contributed by atoms with Gasteiger partial charge in [-0.1, -0.05) is 0 Å². The second kappa shape index (κ2) is 3.77. The molecular weight excluding hydrogens is 200 g/mol. The highest BCUT2D eigenvalue weighted by Gasteiger charge is 2.14. The predicted octanol–water partition coefficient (Wildman–Crippen LogP) is 2.03. The van der Waals surface area contributed by atoms with Crippen LogP contribution in [0.4, 0.5) is 5.82 Å². The fourth-order valence-corrected chi connectivity index (χ4v) is 2.37. The number of rotatable bonds is 1. The molecule has 0 atom stereocenters. The molecule has 4 heteroatoms. The molecule has 3 rings (SSSR count). The first-order chi connectivity index (χ1) is 7.84. The second-order valence-corrected chi connectivity index (χ2v) is 4.40.